The lowest BCUT2D eigenvalue weighted by Crippen LogP contribution is -2.37. The van der Waals surface area contributed by atoms with Gasteiger partial charge in [-0.05, 0) is 31.0 Å². The molecule has 11 heteroatoms. The fourth-order valence-electron chi connectivity index (χ4n) is 3.78. The Morgan fingerprint density at radius 1 is 1.13 bits per heavy atom. The van der Waals surface area contributed by atoms with Gasteiger partial charge in [-0.15, -0.1) is 0 Å². The van der Waals surface area contributed by atoms with Gasteiger partial charge in [0.15, 0.2) is 6.61 Å². The fourth-order valence-corrected chi connectivity index (χ4v) is 5.26. The summed E-state index contributed by atoms with van der Waals surface area (Å²) in [5, 5.41) is 2.51. The van der Waals surface area contributed by atoms with Gasteiger partial charge in [0.05, 0.1) is 16.1 Å². The number of nitrogens with zero attached hydrogens (tertiary/aromatic N) is 3. The van der Waals surface area contributed by atoms with E-state index in [2.05, 4.69) is 5.32 Å². The molecule has 2 aliphatic rings. The first-order valence-electron chi connectivity index (χ1n) is 10.4. The van der Waals surface area contributed by atoms with Gasteiger partial charge in [-0.25, -0.2) is 18.0 Å². The molecule has 1 aromatic rings. The van der Waals surface area contributed by atoms with Crippen LogP contribution in [0.2, 0.25) is 0 Å². The number of esters is 1. The standard InChI is InChI=1S/C20H28N4O6S/c1-3-23(4-2)31(28,29)15-7-8-17(22-10-5-6-11-22)16(13-15)19(26)30-14-18(25)24-12-9-21-20(24)27/h7-8,13H,3-6,9-12,14H2,1-2H3,(H,21,27). The summed E-state index contributed by atoms with van der Waals surface area (Å²) in [6.45, 7) is 5.56. The second-order valence-electron chi connectivity index (χ2n) is 7.32. The Balaban J connectivity index is 1.87. The summed E-state index contributed by atoms with van der Waals surface area (Å²) in [4.78, 5) is 39.7. The number of anilines is 1. The maximum atomic E-state index is 12.9. The van der Waals surface area contributed by atoms with Gasteiger partial charge in [0.25, 0.3) is 5.91 Å². The Labute approximate surface area is 182 Å². The van der Waals surface area contributed by atoms with Crippen LogP contribution in [0.1, 0.15) is 37.0 Å². The first-order valence-corrected chi connectivity index (χ1v) is 11.9. The van der Waals surface area contributed by atoms with Crippen LogP contribution in [0, 0.1) is 0 Å². The number of hydrogen-bond donors (Lipinski definition) is 1. The van der Waals surface area contributed by atoms with Crippen LogP contribution in [-0.2, 0) is 19.6 Å². The predicted molar refractivity (Wildman–Crippen MR) is 113 cm³/mol. The van der Waals surface area contributed by atoms with Gasteiger partial charge < -0.3 is 15.0 Å². The van der Waals surface area contributed by atoms with Crippen molar-refractivity contribution in [3.05, 3.63) is 23.8 Å². The quantitative estimate of drug-likeness (QED) is 0.586. The van der Waals surface area contributed by atoms with Crippen LogP contribution in [-0.4, -0.2) is 81.4 Å². The average molecular weight is 453 g/mol. The normalized spacial score (nSPS) is 16.7. The molecular formula is C20H28N4O6S. The summed E-state index contributed by atoms with van der Waals surface area (Å²) < 4.78 is 32.4. The van der Waals surface area contributed by atoms with Crippen LogP contribution in [0.25, 0.3) is 0 Å². The van der Waals surface area contributed by atoms with E-state index in [1.54, 1.807) is 19.9 Å². The molecule has 0 aliphatic carbocycles. The van der Waals surface area contributed by atoms with Gasteiger partial charge in [-0.1, -0.05) is 13.8 Å². The van der Waals surface area contributed by atoms with E-state index in [0.29, 0.717) is 25.3 Å². The van der Waals surface area contributed by atoms with Crippen molar-refractivity contribution in [3.63, 3.8) is 0 Å². The van der Waals surface area contributed by atoms with E-state index in [9.17, 15) is 22.8 Å². The van der Waals surface area contributed by atoms with Crippen molar-refractivity contribution in [3.8, 4) is 0 Å². The number of urea groups is 1. The second kappa shape index (κ2) is 9.65. The Bertz CT molecular complexity index is 954. The molecule has 2 aliphatic heterocycles. The molecule has 170 valence electrons. The maximum absolute atomic E-state index is 12.9. The SMILES string of the molecule is CCN(CC)S(=O)(=O)c1ccc(N2CCCC2)c(C(=O)OCC(=O)N2CCNC2=O)c1. The summed E-state index contributed by atoms with van der Waals surface area (Å²) in [6.07, 6.45) is 1.94. The summed E-state index contributed by atoms with van der Waals surface area (Å²) in [5.74, 6) is -1.43. The third kappa shape index (κ3) is 4.82. The summed E-state index contributed by atoms with van der Waals surface area (Å²) in [6, 6.07) is 3.91. The van der Waals surface area contributed by atoms with Gasteiger partial charge in [0.1, 0.15) is 0 Å². The van der Waals surface area contributed by atoms with Crippen LogP contribution in [0.4, 0.5) is 10.5 Å². The minimum absolute atomic E-state index is 0.00339. The molecule has 0 unspecified atom stereocenters. The highest BCUT2D eigenvalue weighted by atomic mass is 32.2. The number of nitrogens with one attached hydrogen (secondary N) is 1. The largest absolute Gasteiger partial charge is 0.452 e. The lowest BCUT2D eigenvalue weighted by Gasteiger charge is -2.23. The zero-order valence-corrected chi connectivity index (χ0v) is 18.6. The van der Waals surface area contributed by atoms with Crippen LogP contribution in [0.5, 0.6) is 0 Å². The van der Waals surface area contributed by atoms with Crippen molar-refractivity contribution in [2.75, 3.05) is 50.8 Å². The predicted octanol–water partition coefficient (Wildman–Crippen LogP) is 1.03. The highest BCUT2D eigenvalue weighted by Crippen LogP contribution is 2.29. The third-order valence-corrected chi connectivity index (χ3v) is 7.51. The molecule has 2 heterocycles. The number of benzene rings is 1. The van der Waals surface area contributed by atoms with Gasteiger partial charge in [-0.2, -0.15) is 4.31 Å². The number of sulfonamides is 1. The number of amides is 3. The number of rotatable bonds is 8. The number of carbonyl (C=O) groups excluding carboxylic acids is 3. The van der Waals surface area contributed by atoms with Crippen molar-refractivity contribution < 1.29 is 27.5 Å². The molecule has 1 aromatic carbocycles. The molecule has 0 radical (unpaired) electrons. The van der Waals surface area contributed by atoms with Crippen molar-refractivity contribution in [1.29, 1.82) is 0 Å². The molecule has 31 heavy (non-hydrogen) atoms. The Hall–Kier alpha value is -2.66. The van der Waals surface area contributed by atoms with Crippen LogP contribution in [0.3, 0.4) is 0 Å². The number of imide groups is 1. The van der Waals surface area contributed by atoms with E-state index in [4.69, 9.17) is 4.74 Å². The summed E-state index contributed by atoms with van der Waals surface area (Å²) >= 11 is 0. The molecular weight excluding hydrogens is 424 g/mol. The van der Waals surface area contributed by atoms with Gasteiger partial charge >= 0.3 is 12.0 Å². The van der Waals surface area contributed by atoms with Crippen LogP contribution in [0.15, 0.2) is 23.1 Å². The highest BCUT2D eigenvalue weighted by molar-refractivity contribution is 7.89. The highest BCUT2D eigenvalue weighted by Gasteiger charge is 2.29. The third-order valence-electron chi connectivity index (χ3n) is 5.46. The van der Waals surface area contributed by atoms with Crippen molar-refractivity contribution in [2.45, 2.75) is 31.6 Å². The topological polar surface area (TPSA) is 116 Å². The Morgan fingerprint density at radius 3 is 2.39 bits per heavy atom. The molecule has 3 rings (SSSR count). The van der Waals surface area contributed by atoms with Crippen molar-refractivity contribution >= 4 is 33.6 Å². The maximum Gasteiger partial charge on any atom is 0.340 e. The smallest absolute Gasteiger partial charge is 0.340 e. The zero-order valence-electron chi connectivity index (χ0n) is 17.8. The van der Waals surface area contributed by atoms with Crippen LogP contribution >= 0.6 is 0 Å². The van der Waals surface area contributed by atoms with E-state index >= 15 is 0 Å². The van der Waals surface area contributed by atoms with E-state index in [-0.39, 0.29) is 17.0 Å². The lowest BCUT2D eigenvalue weighted by atomic mass is 10.1. The summed E-state index contributed by atoms with van der Waals surface area (Å²) in [5.41, 5.74) is 0.668. The average Bonchev–Trinajstić information content (AvgIpc) is 3.44. The number of carbonyl (C=O) groups is 3. The lowest BCUT2D eigenvalue weighted by molar-refractivity contribution is -0.130. The zero-order chi connectivity index (χ0) is 22.6. The minimum Gasteiger partial charge on any atom is -0.452 e. The molecule has 10 nitrogen and oxygen atoms in total. The Morgan fingerprint density at radius 2 is 1.81 bits per heavy atom. The molecule has 0 spiro atoms. The van der Waals surface area contributed by atoms with Gasteiger partial charge in [0, 0.05) is 39.3 Å². The minimum atomic E-state index is -3.77. The first-order chi connectivity index (χ1) is 14.8. The molecule has 0 bridgehead atoms. The van der Waals surface area contributed by atoms with E-state index in [1.807, 2.05) is 4.90 Å². The monoisotopic (exact) mass is 452 g/mol. The molecule has 0 aromatic heterocycles. The number of ether oxygens (including phenoxy) is 1. The fraction of sp³-hybridized carbons (Fsp3) is 0.550. The van der Waals surface area contributed by atoms with E-state index in [1.165, 1.54) is 16.4 Å². The van der Waals surface area contributed by atoms with Gasteiger partial charge in [0.2, 0.25) is 10.0 Å². The number of hydrogen-bond acceptors (Lipinski definition) is 7. The molecule has 2 saturated heterocycles. The van der Waals surface area contributed by atoms with Crippen molar-refractivity contribution in [2.24, 2.45) is 0 Å². The molecule has 1 N–H and O–H groups in total. The second-order valence-corrected chi connectivity index (χ2v) is 9.25. The molecule has 2 fully saturated rings. The van der Waals surface area contributed by atoms with E-state index in [0.717, 1.165) is 30.8 Å². The Kier molecular flexibility index (Phi) is 7.16. The van der Waals surface area contributed by atoms with Crippen molar-refractivity contribution in [1.82, 2.24) is 14.5 Å². The summed E-state index contributed by atoms with van der Waals surface area (Å²) in [7, 11) is -3.77. The molecule has 0 atom stereocenters. The first kappa shape index (κ1) is 23.0. The molecule has 3 amide bonds. The van der Waals surface area contributed by atoms with Crippen LogP contribution < -0.4 is 10.2 Å². The van der Waals surface area contributed by atoms with E-state index < -0.39 is 34.5 Å². The van der Waals surface area contributed by atoms with Gasteiger partial charge in [-0.3, -0.25) is 9.69 Å². The molecule has 0 saturated carbocycles.